The summed E-state index contributed by atoms with van der Waals surface area (Å²) in [4.78, 5) is 46.9. The number of amides is 1. The van der Waals surface area contributed by atoms with Gasteiger partial charge < -0.3 is 29.0 Å². The summed E-state index contributed by atoms with van der Waals surface area (Å²) >= 11 is 3.29. The van der Waals surface area contributed by atoms with Crippen LogP contribution in [0.5, 0.6) is 0 Å². The van der Waals surface area contributed by atoms with Gasteiger partial charge >= 0.3 is 24.0 Å². The Balaban J connectivity index is 2.16. The predicted octanol–water partition coefficient (Wildman–Crippen LogP) is 1.83. The fourth-order valence-electron chi connectivity index (χ4n) is 2.94. The minimum atomic E-state index is -1.14. The first-order valence-corrected chi connectivity index (χ1v) is 10.3. The molecule has 170 valence electrons. The van der Waals surface area contributed by atoms with Gasteiger partial charge in [0.2, 0.25) is 0 Å². The van der Waals surface area contributed by atoms with Crippen LogP contribution in [-0.4, -0.2) is 60.0 Å². The largest absolute Gasteiger partial charge is 0.463 e. The molecular formula is C20H24BrNO9. The SMILES string of the molecule is CC(=O)OC[C@H]1O[C@H](Br)[C@@H](NC(=O)OCc2ccccc2)[C@@H](OC(C)=O)[C@@H]1OC(C)=O. The molecule has 0 aliphatic carbocycles. The van der Waals surface area contributed by atoms with Crippen LogP contribution in [0.4, 0.5) is 4.79 Å². The van der Waals surface area contributed by atoms with Crippen LogP contribution in [0, 0.1) is 0 Å². The first-order valence-electron chi connectivity index (χ1n) is 9.42. The normalized spacial score (nSPS) is 25.1. The number of halogens is 1. The average molecular weight is 502 g/mol. The van der Waals surface area contributed by atoms with Crippen molar-refractivity contribution in [2.75, 3.05) is 6.61 Å². The van der Waals surface area contributed by atoms with Crippen molar-refractivity contribution in [3.63, 3.8) is 0 Å². The van der Waals surface area contributed by atoms with Crippen LogP contribution in [-0.2, 0) is 44.7 Å². The molecule has 1 aliphatic heterocycles. The Morgan fingerprint density at radius 3 is 2.13 bits per heavy atom. The van der Waals surface area contributed by atoms with Crippen LogP contribution in [0.1, 0.15) is 26.3 Å². The molecule has 0 unspecified atom stereocenters. The summed E-state index contributed by atoms with van der Waals surface area (Å²) in [5, 5.41) is 1.71. The zero-order valence-corrected chi connectivity index (χ0v) is 18.8. The number of alkyl carbamates (subject to hydrolysis) is 1. The Hall–Kier alpha value is -2.66. The highest BCUT2D eigenvalue weighted by molar-refractivity contribution is 9.09. The third-order valence-corrected chi connectivity index (χ3v) is 4.97. The van der Waals surface area contributed by atoms with E-state index in [-0.39, 0.29) is 13.2 Å². The van der Waals surface area contributed by atoms with Crippen molar-refractivity contribution in [1.29, 1.82) is 0 Å². The van der Waals surface area contributed by atoms with E-state index >= 15 is 0 Å². The van der Waals surface area contributed by atoms with E-state index in [1.165, 1.54) is 20.8 Å². The van der Waals surface area contributed by atoms with Gasteiger partial charge in [-0.25, -0.2) is 4.79 Å². The molecule has 0 spiro atoms. The van der Waals surface area contributed by atoms with Gasteiger partial charge in [0.25, 0.3) is 0 Å². The highest BCUT2D eigenvalue weighted by atomic mass is 79.9. The molecule has 5 atom stereocenters. The quantitative estimate of drug-likeness (QED) is 0.338. The van der Waals surface area contributed by atoms with Crippen molar-refractivity contribution in [2.24, 2.45) is 0 Å². The van der Waals surface area contributed by atoms with E-state index in [1.54, 1.807) is 12.1 Å². The van der Waals surface area contributed by atoms with Gasteiger partial charge in [-0.15, -0.1) is 0 Å². The zero-order chi connectivity index (χ0) is 23.0. The molecule has 1 aliphatic rings. The van der Waals surface area contributed by atoms with Crippen LogP contribution in [0.3, 0.4) is 0 Å². The number of rotatable bonds is 7. The second-order valence-electron chi connectivity index (χ2n) is 6.71. The number of alkyl halides is 1. The van der Waals surface area contributed by atoms with Crippen LogP contribution in [0.2, 0.25) is 0 Å². The molecule has 1 amide bonds. The number of ether oxygens (including phenoxy) is 5. The van der Waals surface area contributed by atoms with E-state index in [0.717, 1.165) is 5.56 Å². The lowest BCUT2D eigenvalue weighted by Crippen LogP contribution is -2.64. The molecular weight excluding hydrogens is 478 g/mol. The number of esters is 3. The summed E-state index contributed by atoms with van der Waals surface area (Å²) in [6.45, 7) is 3.33. The Labute approximate surface area is 187 Å². The molecule has 0 bridgehead atoms. The van der Waals surface area contributed by atoms with Crippen molar-refractivity contribution in [2.45, 2.75) is 56.7 Å². The molecule has 1 fully saturated rings. The molecule has 11 heteroatoms. The number of carbonyl (C=O) groups excluding carboxylic acids is 4. The maximum Gasteiger partial charge on any atom is 0.407 e. The number of hydrogen-bond acceptors (Lipinski definition) is 9. The molecule has 1 N–H and O–H groups in total. The summed E-state index contributed by atoms with van der Waals surface area (Å²) in [5.74, 6) is -1.90. The molecule has 0 radical (unpaired) electrons. The van der Waals surface area contributed by atoms with Crippen LogP contribution >= 0.6 is 15.9 Å². The lowest BCUT2D eigenvalue weighted by molar-refractivity contribution is -0.210. The number of hydrogen-bond donors (Lipinski definition) is 1. The molecule has 1 heterocycles. The second kappa shape index (κ2) is 11.7. The van der Waals surface area contributed by atoms with Gasteiger partial charge in [-0.1, -0.05) is 46.3 Å². The van der Waals surface area contributed by atoms with Gasteiger partial charge in [0.1, 0.15) is 30.4 Å². The molecule has 0 aromatic heterocycles. The Morgan fingerprint density at radius 2 is 1.55 bits per heavy atom. The first-order chi connectivity index (χ1) is 14.7. The van der Waals surface area contributed by atoms with Crippen LogP contribution < -0.4 is 5.32 Å². The summed E-state index contributed by atoms with van der Waals surface area (Å²) in [7, 11) is 0. The smallest absolute Gasteiger partial charge is 0.407 e. The minimum Gasteiger partial charge on any atom is -0.463 e. The standard InChI is InChI=1S/C20H24BrNO9/c1-11(23)27-10-15-17(29-12(2)24)18(30-13(3)25)16(19(21)31-15)22-20(26)28-9-14-7-5-4-6-8-14/h4-8,15-19H,9-10H2,1-3H3,(H,22,26)/t15-,16+,17-,18-,19+/m1/s1. The number of nitrogens with one attached hydrogen (secondary N) is 1. The monoisotopic (exact) mass is 501 g/mol. The van der Waals surface area contributed by atoms with E-state index in [4.69, 9.17) is 23.7 Å². The third-order valence-electron chi connectivity index (χ3n) is 4.18. The highest BCUT2D eigenvalue weighted by Gasteiger charge is 2.50. The van der Waals surface area contributed by atoms with Crippen LogP contribution in [0.15, 0.2) is 30.3 Å². The predicted molar refractivity (Wildman–Crippen MR) is 109 cm³/mol. The van der Waals surface area contributed by atoms with E-state index in [0.29, 0.717) is 0 Å². The maximum atomic E-state index is 12.4. The van der Waals surface area contributed by atoms with Gasteiger partial charge in [-0.2, -0.15) is 0 Å². The van der Waals surface area contributed by atoms with E-state index in [9.17, 15) is 19.2 Å². The van der Waals surface area contributed by atoms with Gasteiger partial charge in [0, 0.05) is 20.8 Å². The Kier molecular flexibility index (Phi) is 9.25. The van der Waals surface area contributed by atoms with Crippen molar-refractivity contribution < 1.29 is 42.9 Å². The zero-order valence-electron chi connectivity index (χ0n) is 17.2. The van der Waals surface area contributed by atoms with Crippen LogP contribution in [0.25, 0.3) is 0 Å². The van der Waals surface area contributed by atoms with Crippen molar-refractivity contribution in [3.8, 4) is 0 Å². The maximum absolute atomic E-state index is 12.4. The fourth-order valence-corrected chi connectivity index (χ4v) is 3.65. The van der Waals surface area contributed by atoms with E-state index in [1.807, 2.05) is 18.2 Å². The lowest BCUT2D eigenvalue weighted by Gasteiger charge is -2.43. The van der Waals surface area contributed by atoms with Crippen molar-refractivity contribution in [1.82, 2.24) is 5.32 Å². The minimum absolute atomic E-state index is 0.0217. The summed E-state index contributed by atoms with van der Waals surface area (Å²) in [6.07, 6.45) is -4.02. The molecule has 1 saturated heterocycles. The van der Waals surface area contributed by atoms with Gasteiger partial charge in [-0.3, -0.25) is 14.4 Å². The molecule has 0 saturated carbocycles. The summed E-state index contributed by atoms with van der Waals surface area (Å²) in [5.41, 5.74) is 0.781. The average Bonchev–Trinajstić information content (AvgIpc) is 2.70. The molecule has 2 rings (SSSR count). The number of carbonyl (C=O) groups is 4. The molecule has 1 aromatic carbocycles. The highest BCUT2D eigenvalue weighted by Crippen LogP contribution is 2.30. The lowest BCUT2D eigenvalue weighted by atomic mass is 9.97. The first kappa shape index (κ1) is 24.6. The van der Waals surface area contributed by atoms with Gasteiger partial charge in [0.15, 0.2) is 12.2 Å². The van der Waals surface area contributed by atoms with E-state index in [2.05, 4.69) is 21.2 Å². The second-order valence-corrected chi connectivity index (χ2v) is 7.61. The Bertz CT molecular complexity index is 788. The number of benzene rings is 1. The molecule has 31 heavy (non-hydrogen) atoms. The third kappa shape index (κ3) is 7.83. The van der Waals surface area contributed by atoms with Crippen molar-refractivity contribution in [3.05, 3.63) is 35.9 Å². The summed E-state index contributed by atoms with van der Waals surface area (Å²) in [6, 6.07) is 8.08. The molecule has 10 nitrogen and oxygen atoms in total. The van der Waals surface area contributed by atoms with Gasteiger partial charge in [-0.05, 0) is 5.56 Å². The Morgan fingerprint density at radius 1 is 0.935 bits per heavy atom. The van der Waals surface area contributed by atoms with E-state index < -0.39 is 53.4 Å². The summed E-state index contributed by atoms with van der Waals surface area (Å²) < 4.78 is 26.6. The van der Waals surface area contributed by atoms with Gasteiger partial charge in [0.05, 0.1) is 0 Å². The fraction of sp³-hybridized carbons (Fsp3) is 0.500. The topological polar surface area (TPSA) is 126 Å². The molecule has 1 aromatic rings. The van der Waals surface area contributed by atoms with Crippen molar-refractivity contribution >= 4 is 39.9 Å².